The minimum atomic E-state index is 0.884. The summed E-state index contributed by atoms with van der Waals surface area (Å²) in [7, 11) is 2.16. The fourth-order valence-corrected chi connectivity index (χ4v) is 3.90. The standard InChI is InChI=1S/C26H22NO/c1-27-15-14-22-16-21(12-13-24(22)27)23-17-25(19-8-4-2-5-9-19)28-26(18-23)20-10-6-3-7-11-20/h2-13,16-18H,14-15H2,1H3/q+1. The molecule has 0 saturated carbocycles. The second-order valence-corrected chi connectivity index (χ2v) is 7.32. The van der Waals surface area contributed by atoms with Crippen molar-refractivity contribution in [2.45, 2.75) is 6.42 Å². The van der Waals surface area contributed by atoms with Crippen LogP contribution in [0, 0.1) is 0 Å². The molecule has 0 amide bonds. The molecule has 0 spiro atoms. The van der Waals surface area contributed by atoms with E-state index in [4.69, 9.17) is 4.74 Å². The maximum Gasteiger partial charge on any atom is 0.203 e. The molecule has 0 atom stereocenters. The van der Waals surface area contributed by atoms with Crippen LogP contribution in [0.25, 0.3) is 17.1 Å². The van der Waals surface area contributed by atoms with Crippen molar-refractivity contribution in [1.29, 1.82) is 0 Å². The first-order chi connectivity index (χ1) is 13.8. The first-order valence-electron chi connectivity index (χ1n) is 9.71. The maximum absolute atomic E-state index is 6.31. The fraction of sp³-hybridized carbons (Fsp3) is 0.115. The first-order valence-corrected chi connectivity index (χ1v) is 9.71. The zero-order valence-electron chi connectivity index (χ0n) is 15.9. The summed E-state index contributed by atoms with van der Waals surface area (Å²) >= 11 is 0. The van der Waals surface area contributed by atoms with Crippen LogP contribution in [0.2, 0.25) is 0 Å². The molecule has 0 saturated heterocycles. The van der Waals surface area contributed by atoms with Gasteiger partial charge in [0, 0.05) is 29.2 Å². The molecule has 2 aliphatic heterocycles. The molecule has 3 aromatic rings. The predicted octanol–water partition coefficient (Wildman–Crippen LogP) is 3.63. The van der Waals surface area contributed by atoms with Gasteiger partial charge in [-0.05, 0) is 35.1 Å². The largest absolute Gasteiger partial charge is 0.456 e. The number of hydrogen-bond acceptors (Lipinski definition) is 1. The summed E-state index contributed by atoms with van der Waals surface area (Å²) in [6, 6.07) is 27.4. The van der Waals surface area contributed by atoms with Gasteiger partial charge >= 0.3 is 0 Å². The molecule has 0 N–H and O–H groups in total. The van der Waals surface area contributed by atoms with E-state index in [-0.39, 0.29) is 0 Å². The molecule has 0 aromatic heterocycles. The van der Waals surface area contributed by atoms with Gasteiger partial charge in [0.25, 0.3) is 0 Å². The number of ether oxygens (including phenoxy) is 1. The van der Waals surface area contributed by atoms with Crippen LogP contribution in [0.1, 0.15) is 16.7 Å². The number of rotatable bonds is 2. The van der Waals surface area contributed by atoms with Gasteiger partial charge in [-0.25, -0.2) is 4.58 Å². The number of likely N-dealkylation sites (N-methyl/N-ethyl adjacent to an activating group) is 1. The highest BCUT2D eigenvalue weighted by Crippen LogP contribution is 2.32. The van der Waals surface area contributed by atoms with Gasteiger partial charge in [-0.15, -0.1) is 0 Å². The van der Waals surface area contributed by atoms with Gasteiger partial charge < -0.3 is 4.74 Å². The number of benzene rings is 3. The van der Waals surface area contributed by atoms with Gasteiger partial charge in [0.1, 0.15) is 25.1 Å². The smallest absolute Gasteiger partial charge is 0.203 e. The Morgan fingerprint density at radius 3 is 1.96 bits per heavy atom. The molecule has 0 unspecified atom stereocenters. The Labute approximate surface area is 165 Å². The van der Waals surface area contributed by atoms with Gasteiger partial charge in [-0.1, -0.05) is 60.7 Å². The quantitative estimate of drug-likeness (QED) is 0.633. The number of hydrogen-bond donors (Lipinski definition) is 0. The summed E-state index contributed by atoms with van der Waals surface area (Å²) in [5.41, 5.74) is 4.77. The Morgan fingerprint density at radius 1 is 0.750 bits per heavy atom. The topological polar surface area (TPSA) is 12.2 Å². The van der Waals surface area contributed by atoms with Crippen LogP contribution in [0.5, 0.6) is 0 Å². The Kier molecular flexibility index (Phi) is 4.17. The Hall–Kier alpha value is -3.39. The van der Waals surface area contributed by atoms with E-state index in [0.717, 1.165) is 35.6 Å². The molecule has 2 heteroatoms. The van der Waals surface area contributed by atoms with Crippen LogP contribution in [0.4, 0.5) is 0 Å². The zero-order chi connectivity index (χ0) is 18.9. The third kappa shape index (κ3) is 3.07. The van der Waals surface area contributed by atoms with Gasteiger partial charge in [0.2, 0.25) is 5.36 Å². The summed E-state index contributed by atoms with van der Waals surface area (Å²) in [5, 5.41) is 2.58. The molecule has 2 aliphatic rings. The molecule has 28 heavy (non-hydrogen) atoms. The van der Waals surface area contributed by atoms with Crippen LogP contribution >= 0.6 is 0 Å². The molecule has 0 bridgehead atoms. The van der Waals surface area contributed by atoms with Crippen LogP contribution in [0.3, 0.4) is 0 Å². The van der Waals surface area contributed by atoms with Gasteiger partial charge in [-0.3, -0.25) is 0 Å². The Balaban J connectivity index is 1.71. The SMILES string of the molecule is C[N+]1=c2ccc(=C3C=C(c4ccccc4)OC(c4ccccc4)=C3)cc2CC1. The van der Waals surface area contributed by atoms with E-state index in [1.54, 1.807) is 0 Å². The average molecular weight is 364 g/mol. The van der Waals surface area contributed by atoms with Crippen molar-refractivity contribution in [3.05, 3.63) is 118 Å². The highest BCUT2D eigenvalue weighted by Gasteiger charge is 2.17. The summed E-state index contributed by atoms with van der Waals surface area (Å²) < 4.78 is 8.64. The maximum atomic E-state index is 6.31. The molecule has 136 valence electrons. The third-order valence-electron chi connectivity index (χ3n) is 5.45. The van der Waals surface area contributed by atoms with Crippen LogP contribution < -0.4 is 15.2 Å². The zero-order valence-corrected chi connectivity index (χ0v) is 15.9. The minimum absolute atomic E-state index is 0.884. The number of nitrogens with zero attached hydrogens (tertiary/aromatic N) is 1. The van der Waals surface area contributed by atoms with Crippen molar-refractivity contribution < 1.29 is 4.74 Å². The monoisotopic (exact) mass is 364 g/mol. The molecular weight excluding hydrogens is 342 g/mol. The second-order valence-electron chi connectivity index (χ2n) is 7.32. The second kappa shape index (κ2) is 6.97. The predicted molar refractivity (Wildman–Crippen MR) is 115 cm³/mol. The fourth-order valence-electron chi connectivity index (χ4n) is 3.90. The lowest BCUT2D eigenvalue weighted by molar-refractivity contribution is 0.468. The third-order valence-corrected chi connectivity index (χ3v) is 5.45. The van der Waals surface area contributed by atoms with Crippen molar-refractivity contribution in [3.63, 3.8) is 0 Å². The molecule has 0 radical (unpaired) electrons. The van der Waals surface area contributed by atoms with E-state index >= 15 is 0 Å². The van der Waals surface area contributed by atoms with Crippen molar-refractivity contribution in [1.82, 2.24) is 4.58 Å². The highest BCUT2D eigenvalue weighted by molar-refractivity contribution is 5.88. The van der Waals surface area contributed by atoms with E-state index in [0.29, 0.717) is 0 Å². The average Bonchev–Trinajstić information content (AvgIpc) is 3.15. The summed E-state index contributed by atoms with van der Waals surface area (Å²) in [6.07, 6.45) is 5.41. The lowest BCUT2D eigenvalue weighted by atomic mass is 10.0. The van der Waals surface area contributed by atoms with Crippen molar-refractivity contribution >= 4 is 17.1 Å². The normalized spacial score (nSPS) is 15.6. The van der Waals surface area contributed by atoms with Gasteiger partial charge in [0.15, 0.2) is 0 Å². The molecule has 0 aliphatic carbocycles. The van der Waals surface area contributed by atoms with Crippen LogP contribution in [0.15, 0.2) is 91.0 Å². The van der Waals surface area contributed by atoms with E-state index in [2.05, 4.69) is 66.2 Å². The van der Waals surface area contributed by atoms with Crippen molar-refractivity contribution in [3.8, 4) is 0 Å². The molecule has 2 heterocycles. The van der Waals surface area contributed by atoms with E-state index in [1.807, 2.05) is 36.4 Å². The van der Waals surface area contributed by atoms with Crippen molar-refractivity contribution in [2.75, 3.05) is 13.6 Å². The van der Waals surface area contributed by atoms with Crippen molar-refractivity contribution in [2.24, 2.45) is 0 Å². The highest BCUT2D eigenvalue weighted by atomic mass is 16.5. The molecular formula is C26H22NO+. The molecule has 0 fully saturated rings. The molecule has 5 rings (SSSR count). The minimum Gasteiger partial charge on any atom is -0.456 e. The van der Waals surface area contributed by atoms with E-state index in [9.17, 15) is 0 Å². The summed E-state index contributed by atoms with van der Waals surface area (Å²) in [4.78, 5) is 0. The van der Waals surface area contributed by atoms with E-state index in [1.165, 1.54) is 21.7 Å². The molecule has 3 aromatic carbocycles. The number of allylic oxidation sites excluding steroid dienone is 2. The van der Waals surface area contributed by atoms with Crippen LogP contribution in [-0.2, 0) is 11.2 Å². The Morgan fingerprint density at radius 2 is 1.36 bits per heavy atom. The number of fused-ring (bicyclic) bond motifs is 1. The van der Waals surface area contributed by atoms with E-state index < -0.39 is 0 Å². The summed E-state index contributed by atoms with van der Waals surface area (Å²) in [6.45, 7) is 1.09. The van der Waals surface area contributed by atoms with Crippen LogP contribution in [-0.4, -0.2) is 13.6 Å². The lowest BCUT2D eigenvalue weighted by Gasteiger charge is -2.19. The first kappa shape index (κ1) is 16.8. The van der Waals surface area contributed by atoms with Gasteiger partial charge in [0.05, 0.1) is 0 Å². The van der Waals surface area contributed by atoms with Gasteiger partial charge in [-0.2, -0.15) is 0 Å². The Bertz CT molecular complexity index is 1160. The lowest BCUT2D eigenvalue weighted by Crippen LogP contribution is -2.23. The molecule has 2 nitrogen and oxygen atoms in total. The summed E-state index contributed by atoms with van der Waals surface area (Å²) in [5.74, 6) is 1.77.